The molecule has 3 rings (SSSR count). The fourth-order valence-corrected chi connectivity index (χ4v) is 3.35. The molecule has 0 radical (unpaired) electrons. The molecule has 104 valence electrons. The number of benzene rings is 2. The molecule has 0 unspecified atom stereocenters. The Balaban J connectivity index is 2.36. The highest BCUT2D eigenvalue weighted by Gasteiger charge is 2.47. The molecule has 0 bridgehead atoms. The molecule has 0 amide bonds. The maximum Gasteiger partial charge on any atom is 0.178 e. The molecule has 0 aliphatic heterocycles. The molecule has 0 N–H and O–H groups in total. The van der Waals surface area contributed by atoms with Gasteiger partial charge in [-0.05, 0) is 23.3 Å². The SMILES string of the molecule is COCC1(COC)C(=O)c2cccc3cc(C)cc1c23. The molecule has 3 heteroatoms. The van der Waals surface area contributed by atoms with Crippen molar-refractivity contribution in [2.24, 2.45) is 0 Å². The highest BCUT2D eigenvalue weighted by molar-refractivity contribution is 6.20. The quantitative estimate of drug-likeness (QED) is 0.857. The summed E-state index contributed by atoms with van der Waals surface area (Å²) in [4.78, 5) is 12.9. The van der Waals surface area contributed by atoms with Crippen molar-refractivity contribution in [3.05, 3.63) is 47.0 Å². The number of hydrogen-bond donors (Lipinski definition) is 0. The van der Waals surface area contributed by atoms with Crippen LogP contribution in [0.25, 0.3) is 10.8 Å². The van der Waals surface area contributed by atoms with Gasteiger partial charge in [-0.25, -0.2) is 0 Å². The van der Waals surface area contributed by atoms with Crippen molar-refractivity contribution in [3.8, 4) is 0 Å². The molecule has 2 aromatic carbocycles. The first kappa shape index (κ1) is 13.3. The number of carbonyl (C=O) groups is 1. The number of aryl methyl sites for hydroxylation is 1. The molecule has 3 nitrogen and oxygen atoms in total. The summed E-state index contributed by atoms with van der Waals surface area (Å²) in [6.45, 7) is 2.73. The Morgan fingerprint density at radius 3 is 2.45 bits per heavy atom. The molecule has 1 aliphatic carbocycles. The Morgan fingerprint density at radius 1 is 1.10 bits per heavy atom. The molecular formula is C17H18O3. The lowest BCUT2D eigenvalue weighted by molar-refractivity contribution is 0.0482. The molecule has 2 aromatic rings. The molecule has 0 saturated carbocycles. The summed E-state index contributed by atoms with van der Waals surface area (Å²) in [7, 11) is 3.25. The molecule has 0 heterocycles. The number of methoxy groups -OCH3 is 2. The molecule has 0 aromatic heterocycles. The smallest absolute Gasteiger partial charge is 0.178 e. The summed E-state index contributed by atoms with van der Waals surface area (Å²) in [6.07, 6.45) is 0. The molecule has 0 atom stereocenters. The van der Waals surface area contributed by atoms with Crippen LogP contribution in [-0.2, 0) is 14.9 Å². The lowest BCUT2D eigenvalue weighted by Crippen LogP contribution is -2.41. The van der Waals surface area contributed by atoms with E-state index in [-0.39, 0.29) is 5.78 Å². The average molecular weight is 270 g/mol. The molecule has 0 fully saturated rings. The van der Waals surface area contributed by atoms with Gasteiger partial charge >= 0.3 is 0 Å². The van der Waals surface area contributed by atoms with Crippen molar-refractivity contribution in [3.63, 3.8) is 0 Å². The number of hydrogen-bond acceptors (Lipinski definition) is 3. The Labute approximate surface area is 118 Å². The van der Waals surface area contributed by atoms with E-state index in [1.165, 1.54) is 0 Å². The van der Waals surface area contributed by atoms with E-state index < -0.39 is 5.41 Å². The fraction of sp³-hybridized carbons (Fsp3) is 0.353. The molecule has 0 spiro atoms. The van der Waals surface area contributed by atoms with Gasteiger partial charge in [0, 0.05) is 19.8 Å². The van der Waals surface area contributed by atoms with Crippen LogP contribution >= 0.6 is 0 Å². The number of rotatable bonds is 4. The van der Waals surface area contributed by atoms with Gasteiger partial charge in [0.25, 0.3) is 0 Å². The van der Waals surface area contributed by atoms with Crippen LogP contribution < -0.4 is 0 Å². The molecule has 0 saturated heterocycles. The van der Waals surface area contributed by atoms with Crippen LogP contribution in [-0.4, -0.2) is 33.2 Å². The molecule has 20 heavy (non-hydrogen) atoms. The van der Waals surface area contributed by atoms with E-state index >= 15 is 0 Å². The normalized spacial score (nSPS) is 16.1. The maximum atomic E-state index is 12.9. The van der Waals surface area contributed by atoms with Crippen molar-refractivity contribution in [2.45, 2.75) is 12.3 Å². The number of ether oxygens (including phenoxy) is 2. The summed E-state index contributed by atoms with van der Waals surface area (Å²) in [5.41, 5.74) is 2.26. The molecule has 1 aliphatic rings. The zero-order valence-corrected chi connectivity index (χ0v) is 12.0. The van der Waals surface area contributed by atoms with Gasteiger partial charge in [-0.3, -0.25) is 4.79 Å². The summed E-state index contributed by atoms with van der Waals surface area (Å²) >= 11 is 0. The highest BCUT2D eigenvalue weighted by Crippen LogP contribution is 2.43. The van der Waals surface area contributed by atoms with Crippen molar-refractivity contribution < 1.29 is 14.3 Å². The van der Waals surface area contributed by atoms with Gasteiger partial charge in [-0.1, -0.05) is 35.9 Å². The van der Waals surface area contributed by atoms with E-state index in [9.17, 15) is 4.79 Å². The van der Waals surface area contributed by atoms with E-state index in [0.29, 0.717) is 13.2 Å². The third-order valence-electron chi connectivity index (χ3n) is 4.10. The Bertz CT molecular complexity index is 682. The number of Topliss-reactive ketones (excluding diaryl/α,β-unsaturated/α-hetero) is 1. The third-order valence-corrected chi connectivity index (χ3v) is 4.10. The lowest BCUT2D eigenvalue weighted by atomic mass is 9.81. The Hall–Kier alpha value is -1.71. The maximum absolute atomic E-state index is 12.9. The van der Waals surface area contributed by atoms with E-state index in [0.717, 1.165) is 27.5 Å². The first-order valence-electron chi connectivity index (χ1n) is 6.70. The van der Waals surface area contributed by atoms with Crippen LogP contribution in [0.5, 0.6) is 0 Å². The zero-order valence-electron chi connectivity index (χ0n) is 12.0. The van der Waals surface area contributed by atoms with Crippen LogP contribution in [0.1, 0.15) is 21.5 Å². The second kappa shape index (κ2) is 4.69. The third kappa shape index (κ3) is 1.63. The predicted octanol–water partition coefficient (Wildman–Crippen LogP) is 2.88. The minimum Gasteiger partial charge on any atom is -0.383 e. The van der Waals surface area contributed by atoms with Crippen LogP contribution in [0.15, 0.2) is 30.3 Å². The fourth-order valence-electron chi connectivity index (χ4n) is 3.35. The Kier molecular flexibility index (Phi) is 3.11. The standard InChI is InChI=1S/C17H18O3/c1-11-7-12-5-4-6-13-15(12)14(8-11)17(9-19-2,10-20-3)16(13)18/h4-8H,9-10H2,1-3H3. The highest BCUT2D eigenvalue weighted by atomic mass is 16.5. The van der Waals surface area contributed by atoms with Crippen LogP contribution in [0.4, 0.5) is 0 Å². The van der Waals surface area contributed by atoms with E-state index in [4.69, 9.17) is 9.47 Å². The first-order chi connectivity index (χ1) is 9.64. The first-order valence-corrected chi connectivity index (χ1v) is 6.70. The topological polar surface area (TPSA) is 35.5 Å². The van der Waals surface area contributed by atoms with Gasteiger partial charge in [0.2, 0.25) is 0 Å². The largest absolute Gasteiger partial charge is 0.383 e. The lowest BCUT2D eigenvalue weighted by Gasteiger charge is -2.27. The van der Waals surface area contributed by atoms with E-state index in [1.54, 1.807) is 14.2 Å². The van der Waals surface area contributed by atoms with Gasteiger partial charge < -0.3 is 9.47 Å². The van der Waals surface area contributed by atoms with Crippen LogP contribution in [0.2, 0.25) is 0 Å². The van der Waals surface area contributed by atoms with Crippen molar-refractivity contribution in [2.75, 3.05) is 27.4 Å². The second-order valence-corrected chi connectivity index (χ2v) is 5.49. The van der Waals surface area contributed by atoms with Crippen LogP contribution in [0, 0.1) is 6.92 Å². The van der Waals surface area contributed by atoms with Crippen molar-refractivity contribution >= 4 is 16.6 Å². The van der Waals surface area contributed by atoms with Gasteiger partial charge in [-0.2, -0.15) is 0 Å². The number of ketones is 1. The number of carbonyl (C=O) groups excluding carboxylic acids is 1. The van der Waals surface area contributed by atoms with Crippen LogP contribution in [0.3, 0.4) is 0 Å². The van der Waals surface area contributed by atoms with Crippen molar-refractivity contribution in [1.29, 1.82) is 0 Å². The van der Waals surface area contributed by atoms with Gasteiger partial charge in [0.1, 0.15) is 5.41 Å². The average Bonchev–Trinajstić information content (AvgIpc) is 2.65. The Morgan fingerprint density at radius 2 is 1.80 bits per heavy atom. The zero-order chi connectivity index (χ0) is 14.3. The van der Waals surface area contributed by atoms with Crippen molar-refractivity contribution in [1.82, 2.24) is 0 Å². The van der Waals surface area contributed by atoms with E-state index in [2.05, 4.69) is 25.1 Å². The van der Waals surface area contributed by atoms with Gasteiger partial charge in [-0.15, -0.1) is 0 Å². The monoisotopic (exact) mass is 270 g/mol. The molecular weight excluding hydrogens is 252 g/mol. The summed E-state index contributed by atoms with van der Waals surface area (Å²) in [6, 6.07) is 10.1. The predicted molar refractivity (Wildman–Crippen MR) is 78.4 cm³/mol. The van der Waals surface area contributed by atoms with Gasteiger partial charge in [0.05, 0.1) is 13.2 Å². The summed E-state index contributed by atoms with van der Waals surface area (Å²) in [5, 5.41) is 2.16. The minimum atomic E-state index is -0.711. The van der Waals surface area contributed by atoms with Gasteiger partial charge in [0.15, 0.2) is 5.78 Å². The second-order valence-electron chi connectivity index (χ2n) is 5.49. The summed E-state index contributed by atoms with van der Waals surface area (Å²) < 4.78 is 10.7. The summed E-state index contributed by atoms with van der Waals surface area (Å²) in [5.74, 6) is 0.104. The van der Waals surface area contributed by atoms with E-state index in [1.807, 2.05) is 12.1 Å². The minimum absolute atomic E-state index is 0.104.